The molecule has 0 aliphatic rings. The lowest BCUT2D eigenvalue weighted by Gasteiger charge is -2.11. The van der Waals surface area contributed by atoms with Gasteiger partial charge in [0.25, 0.3) is 5.91 Å². The number of hydrogen-bond acceptors (Lipinski definition) is 4. The molecule has 5 aromatic rings. The Kier molecular flexibility index (Phi) is 6.44. The molecule has 1 amide bonds. The van der Waals surface area contributed by atoms with Crippen molar-refractivity contribution in [2.75, 3.05) is 5.32 Å². The number of aromatic nitrogens is 5. The smallest absolute Gasteiger partial charge is 0.304 e. The third-order valence-corrected chi connectivity index (χ3v) is 6.62. The molecule has 7 nitrogen and oxygen atoms in total. The minimum Gasteiger partial charge on any atom is -0.304 e. The summed E-state index contributed by atoms with van der Waals surface area (Å²) in [6.45, 7) is 6.00. The van der Waals surface area contributed by atoms with E-state index < -0.39 is 17.8 Å². The van der Waals surface area contributed by atoms with Crippen LogP contribution in [0, 0.1) is 20.8 Å². The zero-order valence-electron chi connectivity index (χ0n) is 20.6. The van der Waals surface area contributed by atoms with Crippen molar-refractivity contribution >= 4 is 29.0 Å². The number of alkyl halides is 3. The van der Waals surface area contributed by atoms with Crippen molar-refractivity contribution in [1.82, 2.24) is 24.4 Å². The predicted molar refractivity (Wildman–Crippen MR) is 138 cm³/mol. The first-order valence-electron chi connectivity index (χ1n) is 11.6. The highest BCUT2D eigenvalue weighted by molar-refractivity contribution is 6.31. The summed E-state index contributed by atoms with van der Waals surface area (Å²) in [7, 11) is 0. The molecule has 0 bridgehead atoms. The Labute approximate surface area is 220 Å². The summed E-state index contributed by atoms with van der Waals surface area (Å²) in [5.41, 5.74) is 2.86. The number of hydrogen-bond donors (Lipinski definition) is 1. The first-order valence-corrected chi connectivity index (χ1v) is 12.0. The molecule has 0 saturated carbocycles. The molecule has 0 saturated heterocycles. The first kappa shape index (κ1) is 25.5. The Hall–Kier alpha value is -4.18. The summed E-state index contributed by atoms with van der Waals surface area (Å²) in [5.74, 6) is -0.477. The lowest BCUT2D eigenvalue weighted by molar-refractivity contribution is -0.142. The molecule has 2 aromatic carbocycles. The van der Waals surface area contributed by atoms with Crippen LogP contribution >= 0.6 is 11.6 Å². The second-order valence-electron chi connectivity index (χ2n) is 9.00. The van der Waals surface area contributed by atoms with Crippen molar-refractivity contribution < 1.29 is 18.0 Å². The average Bonchev–Trinajstić information content (AvgIpc) is 3.44. The highest BCUT2D eigenvalue weighted by Crippen LogP contribution is 2.33. The van der Waals surface area contributed by atoms with Crippen molar-refractivity contribution in [2.45, 2.75) is 33.5 Å². The van der Waals surface area contributed by atoms with Crippen molar-refractivity contribution in [3.63, 3.8) is 0 Å². The summed E-state index contributed by atoms with van der Waals surface area (Å²) in [4.78, 5) is 17.3. The lowest BCUT2D eigenvalue weighted by Crippen LogP contribution is -2.16. The Bertz CT molecular complexity index is 1690. The fourth-order valence-electron chi connectivity index (χ4n) is 4.04. The number of rotatable bonds is 5. The van der Waals surface area contributed by atoms with E-state index in [1.807, 2.05) is 45.0 Å². The second-order valence-corrected chi connectivity index (χ2v) is 9.40. The van der Waals surface area contributed by atoms with E-state index in [1.165, 1.54) is 6.07 Å². The molecule has 11 heteroatoms. The minimum absolute atomic E-state index is 0.0985. The SMILES string of the molecule is Cc1ccc(-c2cc(C(F)(F)F)n3nc(C(=O)Nc4cc(C)n(Cc5ccccc5Cl)n4)cc3n2)cc1C. The maximum absolute atomic E-state index is 14.0. The molecular weight excluding hydrogens is 517 g/mol. The number of halogens is 4. The van der Waals surface area contributed by atoms with Gasteiger partial charge in [0, 0.05) is 28.4 Å². The molecule has 5 rings (SSSR count). The molecule has 3 aromatic heterocycles. The van der Waals surface area contributed by atoms with Crippen LogP contribution in [0.4, 0.5) is 19.0 Å². The van der Waals surface area contributed by atoms with Crippen LogP contribution < -0.4 is 5.32 Å². The third kappa shape index (κ3) is 4.99. The summed E-state index contributed by atoms with van der Waals surface area (Å²) in [6.07, 6.45) is -4.72. The lowest BCUT2D eigenvalue weighted by atomic mass is 10.0. The Morgan fingerprint density at radius 2 is 1.74 bits per heavy atom. The molecule has 3 heterocycles. The van der Waals surface area contributed by atoms with Gasteiger partial charge in [0.1, 0.15) is 0 Å². The third-order valence-electron chi connectivity index (χ3n) is 6.25. The fourth-order valence-corrected chi connectivity index (χ4v) is 4.23. The zero-order valence-corrected chi connectivity index (χ0v) is 21.4. The average molecular weight is 539 g/mol. The van der Waals surface area contributed by atoms with Crippen LogP contribution in [0.3, 0.4) is 0 Å². The van der Waals surface area contributed by atoms with E-state index in [2.05, 4.69) is 20.5 Å². The van der Waals surface area contributed by atoms with Gasteiger partial charge in [-0.2, -0.15) is 23.4 Å². The van der Waals surface area contributed by atoms with E-state index in [0.29, 0.717) is 21.6 Å². The van der Waals surface area contributed by atoms with Gasteiger partial charge in [-0.1, -0.05) is 41.9 Å². The number of amides is 1. The molecule has 0 fully saturated rings. The van der Waals surface area contributed by atoms with Crippen LogP contribution in [0.25, 0.3) is 16.9 Å². The van der Waals surface area contributed by atoms with Crippen molar-refractivity contribution in [2.24, 2.45) is 0 Å². The molecule has 0 radical (unpaired) electrons. The van der Waals surface area contributed by atoms with E-state index in [1.54, 1.807) is 28.9 Å². The second kappa shape index (κ2) is 9.60. The van der Waals surface area contributed by atoms with Gasteiger partial charge in [0.05, 0.1) is 12.2 Å². The first-order chi connectivity index (χ1) is 18.0. The molecular formula is C27H22ClF3N6O. The molecule has 0 spiro atoms. The Balaban J connectivity index is 1.46. The molecule has 0 aliphatic heterocycles. The van der Waals surface area contributed by atoms with E-state index in [-0.39, 0.29) is 22.9 Å². The van der Waals surface area contributed by atoms with E-state index >= 15 is 0 Å². The van der Waals surface area contributed by atoms with Gasteiger partial charge in [-0.15, -0.1) is 0 Å². The standard InChI is InChI=1S/C27H22ClF3N6O/c1-15-8-9-18(10-16(15)2)21-12-23(27(29,30)31)37-25(32-21)13-22(34-37)26(38)33-24-11-17(3)36(35-24)14-19-6-4-5-7-20(19)28/h4-13H,14H2,1-3H3,(H,33,35,38). The molecule has 1 N–H and O–H groups in total. The summed E-state index contributed by atoms with van der Waals surface area (Å²) in [5, 5.41) is 11.5. The fraction of sp³-hybridized carbons (Fsp3) is 0.185. The molecule has 194 valence electrons. The summed E-state index contributed by atoms with van der Waals surface area (Å²) < 4.78 is 44.2. The number of carbonyl (C=O) groups excluding carboxylic acids is 1. The van der Waals surface area contributed by atoms with Crippen LogP contribution in [0.1, 0.15) is 38.6 Å². The quantitative estimate of drug-likeness (QED) is 0.277. The molecule has 38 heavy (non-hydrogen) atoms. The molecule has 0 unspecified atom stereocenters. The number of benzene rings is 2. The molecule has 0 aliphatic carbocycles. The maximum atomic E-state index is 14.0. The van der Waals surface area contributed by atoms with Gasteiger partial charge in [0.2, 0.25) is 0 Å². The highest BCUT2D eigenvalue weighted by atomic mass is 35.5. The van der Waals surface area contributed by atoms with Gasteiger partial charge in [0.15, 0.2) is 22.9 Å². The van der Waals surface area contributed by atoms with Gasteiger partial charge >= 0.3 is 6.18 Å². The van der Waals surface area contributed by atoms with E-state index in [0.717, 1.165) is 28.5 Å². The number of fused-ring (bicyclic) bond motifs is 1. The van der Waals surface area contributed by atoms with Crippen LogP contribution in [-0.4, -0.2) is 30.3 Å². The maximum Gasteiger partial charge on any atom is 0.433 e. The van der Waals surface area contributed by atoms with Crippen molar-refractivity contribution in [3.05, 3.63) is 99.5 Å². The normalized spacial score (nSPS) is 11.8. The number of nitrogens with zero attached hydrogens (tertiary/aromatic N) is 5. The van der Waals surface area contributed by atoms with Crippen LogP contribution in [-0.2, 0) is 12.7 Å². The number of anilines is 1. The van der Waals surface area contributed by atoms with Crippen molar-refractivity contribution in [3.8, 4) is 11.3 Å². The Morgan fingerprint density at radius 3 is 2.45 bits per heavy atom. The number of nitrogens with one attached hydrogen (secondary N) is 1. The van der Waals surface area contributed by atoms with Crippen LogP contribution in [0.15, 0.2) is 60.7 Å². The van der Waals surface area contributed by atoms with Gasteiger partial charge in [-0.25, -0.2) is 9.50 Å². The highest BCUT2D eigenvalue weighted by Gasteiger charge is 2.35. The van der Waals surface area contributed by atoms with Crippen molar-refractivity contribution in [1.29, 1.82) is 0 Å². The van der Waals surface area contributed by atoms with Gasteiger partial charge < -0.3 is 5.32 Å². The summed E-state index contributed by atoms with van der Waals surface area (Å²) in [6, 6.07) is 16.5. The number of carbonyl (C=O) groups is 1. The largest absolute Gasteiger partial charge is 0.433 e. The minimum atomic E-state index is -4.72. The topological polar surface area (TPSA) is 77.1 Å². The number of aryl methyl sites for hydroxylation is 3. The summed E-state index contributed by atoms with van der Waals surface area (Å²) >= 11 is 6.24. The monoisotopic (exact) mass is 538 g/mol. The van der Waals surface area contributed by atoms with E-state index in [4.69, 9.17) is 11.6 Å². The van der Waals surface area contributed by atoms with Crippen LogP contribution in [0.2, 0.25) is 5.02 Å². The van der Waals surface area contributed by atoms with Crippen LogP contribution in [0.5, 0.6) is 0 Å². The van der Waals surface area contributed by atoms with Gasteiger partial charge in [-0.3, -0.25) is 9.48 Å². The van der Waals surface area contributed by atoms with Gasteiger partial charge in [-0.05, 0) is 55.7 Å². The Morgan fingerprint density at radius 1 is 0.974 bits per heavy atom. The zero-order chi connectivity index (χ0) is 27.2. The molecule has 0 atom stereocenters. The van der Waals surface area contributed by atoms with E-state index in [9.17, 15) is 18.0 Å². The predicted octanol–water partition coefficient (Wildman–Crippen LogP) is 6.49.